The lowest BCUT2D eigenvalue weighted by Gasteiger charge is -2.18. The third-order valence-electron chi connectivity index (χ3n) is 3.90. The molecule has 0 fully saturated rings. The van der Waals surface area contributed by atoms with Crippen molar-refractivity contribution in [2.45, 2.75) is 39.8 Å². The summed E-state index contributed by atoms with van der Waals surface area (Å²) in [7, 11) is 2.17. The monoisotopic (exact) mass is 232 g/mol. The summed E-state index contributed by atoms with van der Waals surface area (Å²) in [5.74, 6) is 0.690. The molecule has 0 bridgehead atoms. The van der Waals surface area contributed by atoms with Crippen molar-refractivity contribution in [3.8, 4) is 0 Å². The maximum Gasteiger partial charge on any atom is 0.0397 e. The van der Waals surface area contributed by atoms with Crippen LogP contribution in [0.25, 0.3) is 0 Å². The van der Waals surface area contributed by atoms with Gasteiger partial charge in [0.1, 0.15) is 0 Å². The van der Waals surface area contributed by atoms with E-state index in [9.17, 15) is 0 Å². The number of hydrogen-bond donors (Lipinski definition) is 1. The Balaban J connectivity index is 1.99. The van der Waals surface area contributed by atoms with E-state index in [2.05, 4.69) is 56.2 Å². The van der Waals surface area contributed by atoms with Gasteiger partial charge in [-0.1, -0.05) is 26.0 Å². The molecule has 1 atom stereocenters. The van der Waals surface area contributed by atoms with Gasteiger partial charge in [0.2, 0.25) is 0 Å². The third-order valence-corrected chi connectivity index (χ3v) is 3.90. The van der Waals surface area contributed by atoms with Gasteiger partial charge in [0.25, 0.3) is 0 Å². The molecule has 0 aromatic heterocycles. The molecule has 94 valence electrons. The van der Waals surface area contributed by atoms with Crippen LogP contribution in [-0.2, 0) is 13.0 Å². The Labute approximate surface area is 105 Å². The van der Waals surface area contributed by atoms with Crippen LogP contribution < -0.4 is 10.2 Å². The van der Waals surface area contributed by atoms with Crippen LogP contribution in [0.15, 0.2) is 18.2 Å². The molecule has 1 N–H and O–H groups in total. The SMILES string of the molecule is CC(C)C(C)NCc1ccc2c(c1)CCN2C. The Morgan fingerprint density at radius 1 is 1.29 bits per heavy atom. The van der Waals surface area contributed by atoms with Crippen LogP contribution in [0.4, 0.5) is 5.69 Å². The minimum atomic E-state index is 0.575. The second-order valence-electron chi connectivity index (χ2n) is 5.55. The van der Waals surface area contributed by atoms with Gasteiger partial charge >= 0.3 is 0 Å². The largest absolute Gasteiger partial charge is 0.374 e. The first-order valence-corrected chi connectivity index (χ1v) is 6.64. The number of nitrogens with one attached hydrogen (secondary N) is 1. The van der Waals surface area contributed by atoms with E-state index >= 15 is 0 Å². The topological polar surface area (TPSA) is 15.3 Å². The molecule has 1 unspecified atom stereocenters. The van der Waals surface area contributed by atoms with Crippen molar-refractivity contribution in [2.75, 3.05) is 18.5 Å². The maximum absolute atomic E-state index is 3.59. The van der Waals surface area contributed by atoms with E-state index in [0.717, 1.165) is 13.1 Å². The van der Waals surface area contributed by atoms with Crippen molar-refractivity contribution in [2.24, 2.45) is 5.92 Å². The summed E-state index contributed by atoms with van der Waals surface area (Å²) in [6, 6.07) is 7.45. The number of rotatable bonds is 4. The van der Waals surface area contributed by atoms with Gasteiger partial charge in [-0.2, -0.15) is 0 Å². The van der Waals surface area contributed by atoms with E-state index in [0.29, 0.717) is 12.0 Å². The quantitative estimate of drug-likeness (QED) is 0.858. The first-order chi connectivity index (χ1) is 8.08. The van der Waals surface area contributed by atoms with Crippen LogP contribution in [-0.4, -0.2) is 19.6 Å². The fourth-order valence-corrected chi connectivity index (χ4v) is 2.24. The lowest BCUT2D eigenvalue weighted by atomic mass is 10.0. The minimum Gasteiger partial charge on any atom is -0.374 e. The minimum absolute atomic E-state index is 0.575. The Morgan fingerprint density at radius 2 is 2.06 bits per heavy atom. The van der Waals surface area contributed by atoms with Gasteiger partial charge in [0.05, 0.1) is 0 Å². The molecular weight excluding hydrogens is 208 g/mol. The summed E-state index contributed by atoms with van der Waals surface area (Å²) in [4.78, 5) is 2.34. The Hall–Kier alpha value is -1.02. The number of nitrogens with zero attached hydrogens (tertiary/aromatic N) is 1. The molecule has 1 aliphatic heterocycles. The normalized spacial score (nSPS) is 16.4. The molecule has 1 aromatic rings. The number of anilines is 1. The molecule has 0 aliphatic carbocycles. The van der Waals surface area contributed by atoms with Gasteiger partial charge in [0, 0.05) is 31.9 Å². The second kappa shape index (κ2) is 5.09. The molecule has 1 aromatic carbocycles. The standard InChI is InChI=1S/C15H24N2/c1-11(2)12(3)16-10-13-5-6-15-14(9-13)7-8-17(15)4/h5-6,9,11-12,16H,7-8,10H2,1-4H3. The van der Waals surface area contributed by atoms with Crippen molar-refractivity contribution in [1.29, 1.82) is 0 Å². The van der Waals surface area contributed by atoms with Gasteiger partial charge in [-0.15, -0.1) is 0 Å². The fourth-order valence-electron chi connectivity index (χ4n) is 2.24. The predicted octanol–water partition coefficient (Wildman–Crippen LogP) is 2.81. The lowest BCUT2D eigenvalue weighted by Crippen LogP contribution is -2.30. The number of hydrogen-bond acceptors (Lipinski definition) is 2. The average molecular weight is 232 g/mol. The van der Waals surface area contributed by atoms with Gasteiger partial charge in [-0.3, -0.25) is 0 Å². The summed E-state index contributed by atoms with van der Waals surface area (Å²) < 4.78 is 0. The van der Waals surface area contributed by atoms with Crippen LogP contribution >= 0.6 is 0 Å². The summed E-state index contributed by atoms with van der Waals surface area (Å²) in [5, 5.41) is 3.59. The highest BCUT2D eigenvalue weighted by molar-refractivity contribution is 5.58. The average Bonchev–Trinajstić information content (AvgIpc) is 2.67. The van der Waals surface area contributed by atoms with E-state index in [4.69, 9.17) is 0 Å². The molecular formula is C15H24N2. The first kappa shape index (κ1) is 12.4. The highest BCUT2D eigenvalue weighted by Crippen LogP contribution is 2.27. The molecule has 1 heterocycles. The van der Waals surface area contributed by atoms with Crippen LogP contribution in [0.5, 0.6) is 0 Å². The Bertz CT molecular complexity index is 385. The van der Waals surface area contributed by atoms with Crippen LogP contribution in [0.1, 0.15) is 31.9 Å². The highest BCUT2D eigenvalue weighted by atomic mass is 15.1. The van der Waals surface area contributed by atoms with Crippen LogP contribution in [0.3, 0.4) is 0 Å². The summed E-state index contributed by atoms with van der Waals surface area (Å²) >= 11 is 0. The smallest absolute Gasteiger partial charge is 0.0397 e. The molecule has 17 heavy (non-hydrogen) atoms. The highest BCUT2D eigenvalue weighted by Gasteiger charge is 2.15. The number of fused-ring (bicyclic) bond motifs is 1. The molecule has 2 rings (SSSR count). The van der Waals surface area contributed by atoms with Crippen molar-refractivity contribution >= 4 is 5.69 Å². The van der Waals surface area contributed by atoms with E-state index in [1.807, 2.05) is 0 Å². The maximum atomic E-state index is 3.59. The van der Waals surface area contributed by atoms with Crippen molar-refractivity contribution in [3.63, 3.8) is 0 Å². The van der Waals surface area contributed by atoms with Crippen LogP contribution in [0, 0.1) is 5.92 Å². The van der Waals surface area contributed by atoms with Gasteiger partial charge in [-0.25, -0.2) is 0 Å². The van der Waals surface area contributed by atoms with Gasteiger partial charge in [0.15, 0.2) is 0 Å². The predicted molar refractivity (Wildman–Crippen MR) is 74.6 cm³/mol. The van der Waals surface area contributed by atoms with Crippen molar-refractivity contribution in [3.05, 3.63) is 29.3 Å². The third kappa shape index (κ3) is 2.81. The molecule has 2 heteroatoms. The first-order valence-electron chi connectivity index (χ1n) is 6.64. The number of benzene rings is 1. The molecule has 0 radical (unpaired) electrons. The zero-order chi connectivity index (χ0) is 12.4. The summed E-state index contributed by atoms with van der Waals surface area (Å²) in [6.45, 7) is 8.92. The molecule has 1 aliphatic rings. The Kier molecular flexibility index (Phi) is 3.72. The van der Waals surface area contributed by atoms with Gasteiger partial charge in [-0.05, 0) is 36.5 Å². The summed E-state index contributed by atoms with van der Waals surface area (Å²) in [6.07, 6.45) is 1.19. The van der Waals surface area contributed by atoms with Gasteiger partial charge < -0.3 is 10.2 Å². The van der Waals surface area contributed by atoms with E-state index < -0.39 is 0 Å². The molecule has 0 amide bonds. The zero-order valence-corrected chi connectivity index (χ0v) is 11.5. The molecule has 0 saturated heterocycles. The fraction of sp³-hybridized carbons (Fsp3) is 0.600. The van der Waals surface area contributed by atoms with E-state index in [1.54, 1.807) is 0 Å². The Morgan fingerprint density at radius 3 is 2.76 bits per heavy atom. The molecule has 2 nitrogen and oxygen atoms in total. The van der Waals surface area contributed by atoms with Crippen LogP contribution in [0.2, 0.25) is 0 Å². The lowest BCUT2D eigenvalue weighted by molar-refractivity contribution is 0.426. The molecule has 0 spiro atoms. The molecule has 0 saturated carbocycles. The second-order valence-corrected chi connectivity index (χ2v) is 5.55. The number of likely N-dealkylation sites (N-methyl/N-ethyl adjacent to an activating group) is 1. The van der Waals surface area contributed by atoms with Crippen molar-refractivity contribution < 1.29 is 0 Å². The summed E-state index contributed by atoms with van der Waals surface area (Å²) in [5.41, 5.74) is 4.32. The van der Waals surface area contributed by atoms with E-state index in [-0.39, 0.29) is 0 Å². The zero-order valence-electron chi connectivity index (χ0n) is 11.5. The van der Waals surface area contributed by atoms with E-state index in [1.165, 1.54) is 23.2 Å². The van der Waals surface area contributed by atoms with Crippen molar-refractivity contribution in [1.82, 2.24) is 5.32 Å².